The van der Waals surface area contributed by atoms with Crippen LogP contribution < -0.4 is 0 Å². The van der Waals surface area contributed by atoms with Crippen LogP contribution in [0.3, 0.4) is 0 Å². The van der Waals surface area contributed by atoms with E-state index in [2.05, 4.69) is 28.5 Å². The summed E-state index contributed by atoms with van der Waals surface area (Å²) in [6.07, 6.45) is 5.40. The number of hydrogen-bond acceptors (Lipinski definition) is 3. The molecule has 0 saturated heterocycles. The molecule has 0 aromatic carbocycles. The summed E-state index contributed by atoms with van der Waals surface area (Å²) in [7, 11) is 1.87. The maximum atomic E-state index is 4.23. The average molecular weight is 229 g/mol. The molecular weight excluding hydrogens is 218 g/mol. The van der Waals surface area contributed by atoms with E-state index < -0.39 is 0 Å². The van der Waals surface area contributed by atoms with Gasteiger partial charge in [0.15, 0.2) is 0 Å². The van der Waals surface area contributed by atoms with Crippen molar-refractivity contribution < 1.29 is 0 Å². The normalized spacial score (nSPS) is 9.62. The summed E-state index contributed by atoms with van der Waals surface area (Å²) in [5.74, 6) is 6.10. The zero-order chi connectivity index (χ0) is 11.5. The lowest BCUT2D eigenvalue weighted by Gasteiger charge is -1.85. The van der Waals surface area contributed by atoms with Crippen molar-refractivity contribution in [1.29, 1.82) is 0 Å². The van der Waals surface area contributed by atoms with Crippen LogP contribution in [0.25, 0.3) is 5.57 Å². The molecule has 80 valence electrons. The Morgan fingerprint density at radius 1 is 1.44 bits per heavy atom. The van der Waals surface area contributed by atoms with Gasteiger partial charge in [-0.05, 0) is 18.4 Å². The van der Waals surface area contributed by atoms with Crippen molar-refractivity contribution in [3.8, 4) is 11.8 Å². The van der Waals surface area contributed by atoms with Gasteiger partial charge in [-0.15, -0.1) is 11.3 Å². The Balaban J connectivity index is 2.21. The molecule has 0 saturated carbocycles. The largest absolute Gasteiger partial charge is 0.275 e. The summed E-state index contributed by atoms with van der Waals surface area (Å²) in [4.78, 5) is 5.17. The lowest BCUT2D eigenvalue weighted by Crippen LogP contribution is -1.83. The molecule has 2 heterocycles. The first-order chi connectivity index (χ1) is 7.65. The van der Waals surface area contributed by atoms with E-state index in [1.807, 2.05) is 20.2 Å². The number of hydrogen-bond donors (Lipinski definition) is 0. The van der Waals surface area contributed by atoms with E-state index in [1.54, 1.807) is 28.4 Å². The van der Waals surface area contributed by atoms with Crippen LogP contribution in [0.5, 0.6) is 0 Å². The quantitative estimate of drug-likeness (QED) is 0.702. The molecule has 0 radical (unpaired) electrons. The minimum absolute atomic E-state index is 0.910. The first-order valence-corrected chi connectivity index (χ1v) is 5.59. The molecule has 3 nitrogen and oxygen atoms in total. The molecule has 16 heavy (non-hydrogen) atoms. The van der Waals surface area contributed by atoms with Crippen molar-refractivity contribution in [3.63, 3.8) is 0 Å². The Morgan fingerprint density at radius 3 is 2.81 bits per heavy atom. The minimum atomic E-state index is 0.910. The van der Waals surface area contributed by atoms with Gasteiger partial charge >= 0.3 is 0 Å². The number of thiazole rings is 1. The molecule has 0 bridgehead atoms. The molecule has 2 aromatic heterocycles. The highest BCUT2D eigenvalue weighted by Gasteiger charge is 1.99. The van der Waals surface area contributed by atoms with Crippen molar-refractivity contribution in [3.05, 3.63) is 40.6 Å². The standard InChI is InChI=1S/C12H11N3S/c1-9(2)12-13-7-11(16-12)5-4-10-6-14-15(3)8-10/h6-8H,1H2,2-3H3. The third kappa shape index (κ3) is 2.38. The van der Waals surface area contributed by atoms with Crippen LogP contribution >= 0.6 is 11.3 Å². The molecular formula is C12H11N3S. The summed E-state index contributed by atoms with van der Waals surface area (Å²) in [6, 6.07) is 0. The van der Waals surface area contributed by atoms with Crippen molar-refractivity contribution in [2.45, 2.75) is 6.92 Å². The monoisotopic (exact) mass is 229 g/mol. The van der Waals surface area contributed by atoms with E-state index in [4.69, 9.17) is 0 Å². The van der Waals surface area contributed by atoms with Gasteiger partial charge in [-0.1, -0.05) is 12.5 Å². The highest BCUT2D eigenvalue weighted by molar-refractivity contribution is 7.13. The third-order valence-corrected chi connectivity index (χ3v) is 2.98. The van der Waals surface area contributed by atoms with Crippen molar-refractivity contribution in [2.24, 2.45) is 7.05 Å². The Bertz CT molecular complexity index is 581. The Labute approximate surface area is 98.5 Å². The SMILES string of the molecule is C=C(C)c1ncc(C#Cc2cnn(C)c2)s1. The summed E-state index contributed by atoms with van der Waals surface area (Å²) in [5.41, 5.74) is 1.88. The Morgan fingerprint density at radius 2 is 2.25 bits per heavy atom. The van der Waals surface area contributed by atoms with Crippen LogP contribution in [0.1, 0.15) is 22.4 Å². The zero-order valence-electron chi connectivity index (χ0n) is 9.19. The molecule has 0 aliphatic carbocycles. The predicted octanol–water partition coefficient (Wildman–Crippen LogP) is 2.31. The molecule has 2 rings (SSSR count). The topological polar surface area (TPSA) is 30.7 Å². The summed E-state index contributed by atoms with van der Waals surface area (Å²) >= 11 is 1.56. The Kier molecular flexibility index (Phi) is 2.88. The minimum Gasteiger partial charge on any atom is -0.275 e. The maximum absolute atomic E-state index is 4.23. The summed E-state index contributed by atoms with van der Waals surface area (Å²) in [6.45, 7) is 5.79. The second kappa shape index (κ2) is 4.33. The van der Waals surface area contributed by atoms with Crippen molar-refractivity contribution in [1.82, 2.24) is 14.8 Å². The summed E-state index contributed by atoms with van der Waals surface area (Å²) in [5, 5.41) is 4.99. The fraction of sp³-hybridized carbons (Fsp3) is 0.167. The van der Waals surface area contributed by atoms with E-state index in [9.17, 15) is 0 Å². The molecule has 0 amide bonds. The van der Waals surface area contributed by atoms with E-state index in [-0.39, 0.29) is 0 Å². The average Bonchev–Trinajstić information content (AvgIpc) is 2.83. The van der Waals surface area contributed by atoms with Crippen LogP contribution in [0.2, 0.25) is 0 Å². The Hall–Kier alpha value is -1.86. The molecule has 0 aliphatic rings. The van der Waals surface area contributed by atoms with E-state index in [1.165, 1.54) is 0 Å². The van der Waals surface area contributed by atoms with E-state index >= 15 is 0 Å². The van der Waals surface area contributed by atoms with Crippen molar-refractivity contribution >= 4 is 16.9 Å². The van der Waals surface area contributed by atoms with Crippen LogP contribution in [0.4, 0.5) is 0 Å². The maximum Gasteiger partial charge on any atom is 0.119 e. The molecule has 0 aliphatic heterocycles. The molecule has 4 heteroatoms. The second-order valence-electron chi connectivity index (χ2n) is 3.46. The van der Waals surface area contributed by atoms with Crippen LogP contribution in [0.15, 0.2) is 25.2 Å². The molecule has 0 fully saturated rings. The smallest absolute Gasteiger partial charge is 0.119 e. The predicted molar refractivity (Wildman–Crippen MR) is 66.0 cm³/mol. The summed E-state index contributed by atoms with van der Waals surface area (Å²) < 4.78 is 1.73. The highest BCUT2D eigenvalue weighted by atomic mass is 32.1. The zero-order valence-corrected chi connectivity index (χ0v) is 10.0. The lowest BCUT2D eigenvalue weighted by molar-refractivity contribution is 0.767. The first-order valence-electron chi connectivity index (χ1n) is 4.77. The van der Waals surface area contributed by atoms with Gasteiger partial charge < -0.3 is 0 Å². The number of rotatable bonds is 1. The second-order valence-corrected chi connectivity index (χ2v) is 4.49. The molecule has 0 atom stereocenters. The van der Waals surface area contributed by atoms with Gasteiger partial charge in [0.1, 0.15) is 5.01 Å². The number of nitrogens with zero attached hydrogens (tertiary/aromatic N) is 3. The molecule has 0 N–H and O–H groups in total. The van der Waals surface area contributed by atoms with Crippen molar-refractivity contribution in [2.75, 3.05) is 0 Å². The number of allylic oxidation sites excluding steroid dienone is 1. The molecule has 0 spiro atoms. The van der Waals surface area contributed by atoms with E-state index in [0.29, 0.717) is 0 Å². The van der Waals surface area contributed by atoms with Gasteiger partial charge in [0.25, 0.3) is 0 Å². The number of aryl methyl sites for hydroxylation is 1. The van der Waals surface area contributed by atoms with Crippen LogP contribution in [-0.4, -0.2) is 14.8 Å². The number of aromatic nitrogens is 3. The fourth-order valence-corrected chi connectivity index (χ4v) is 1.84. The molecule has 0 unspecified atom stereocenters. The van der Waals surface area contributed by atoms with Crippen LogP contribution in [0, 0.1) is 11.8 Å². The van der Waals surface area contributed by atoms with Gasteiger partial charge in [0, 0.05) is 13.2 Å². The van der Waals surface area contributed by atoms with Gasteiger partial charge in [-0.25, -0.2) is 4.98 Å². The third-order valence-electron chi connectivity index (χ3n) is 1.91. The van der Waals surface area contributed by atoms with Crippen LogP contribution in [-0.2, 0) is 7.05 Å². The lowest BCUT2D eigenvalue weighted by atomic mass is 10.3. The van der Waals surface area contributed by atoms with Gasteiger partial charge in [-0.2, -0.15) is 5.10 Å². The molecule has 2 aromatic rings. The van der Waals surface area contributed by atoms with Gasteiger partial charge in [0.2, 0.25) is 0 Å². The van der Waals surface area contributed by atoms with Gasteiger partial charge in [-0.3, -0.25) is 4.68 Å². The highest BCUT2D eigenvalue weighted by Crippen LogP contribution is 2.18. The first kappa shape index (κ1) is 10.7. The van der Waals surface area contributed by atoms with Gasteiger partial charge in [0.05, 0.1) is 22.8 Å². The fourth-order valence-electron chi connectivity index (χ4n) is 1.15. The van der Waals surface area contributed by atoms with E-state index in [0.717, 1.165) is 21.0 Å².